The van der Waals surface area contributed by atoms with Crippen molar-refractivity contribution < 1.29 is 41.7 Å². The maximum Gasteiger partial charge on any atom is 0.471 e. The fourth-order valence-corrected chi connectivity index (χ4v) is 2.80. The summed E-state index contributed by atoms with van der Waals surface area (Å²) in [7, 11) is 1.32. The topological polar surface area (TPSA) is 75.2 Å². The van der Waals surface area contributed by atoms with Gasteiger partial charge >= 0.3 is 12.1 Å². The van der Waals surface area contributed by atoms with Gasteiger partial charge in [0.05, 0.1) is 13.2 Å². The van der Waals surface area contributed by atoms with Crippen LogP contribution < -0.4 is 5.32 Å². The van der Waals surface area contributed by atoms with Crippen LogP contribution in [0.15, 0.2) is 12.7 Å². The number of carbonyl (C=O) groups is 1. The summed E-state index contributed by atoms with van der Waals surface area (Å²) >= 11 is 0. The number of halogens is 3. The van der Waals surface area contributed by atoms with Gasteiger partial charge in [0.1, 0.15) is 24.4 Å². The van der Waals surface area contributed by atoms with E-state index in [1.54, 1.807) is 13.8 Å². The highest BCUT2D eigenvalue weighted by Crippen LogP contribution is 2.34. The van der Waals surface area contributed by atoms with Crippen molar-refractivity contribution in [1.82, 2.24) is 5.32 Å². The van der Waals surface area contributed by atoms with Gasteiger partial charge in [0.15, 0.2) is 12.1 Å². The highest BCUT2D eigenvalue weighted by atomic mass is 19.4. The van der Waals surface area contributed by atoms with Crippen LogP contribution in [-0.2, 0) is 28.5 Å². The average molecular weight is 369 g/mol. The first kappa shape index (κ1) is 20.1. The normalized spacial score (nSPS) is 34.9. The van der Waals surface area contributed by atoms with Crippen LogP contribution in [0.25, 0.3) is 0 Å². The molecular weight excluding hydrogens is 347 g/mol. The van der Waals surface area contributed by atoms with E-state index in [4.69, 9.17) is 23.7 Å². The number of hydrogen-bond acceptors (Lipinski definition) is 6. The maximum atomic E-state index is 12.7. The van der Waals surface area contributed by atoms with Crippen molar-refractivity contribution in [1.29, 1.82) is 0 Å². The van der Waals surface area contributed by atoms with Gasteiger partial charge in [-0.2, -0.15) is 13.2 Å². The minimum absolute atomic E-state index is 0.0179. The van der Waals surface area contributed by atoms with E-state index in [9.17, 15) is 18.0 Å². The van der Waals surface area contributed by atoms with Gasteiger partial charge in [-0.05, 0) is 13.8 Å². The predicted molar refractivity (Wildman–Crippen MR) is 78.5 cm³/mol. The van der Waals surface area contributed by atoms with Gasteiger partial charge < -0.3 is 29.0 Å². The molecule has 2 aliphatic heterocycles. The maximum absolute atomic E-state index is 12.7. The van der Waals surface area contributed by atoms with E-state index in [-0.39, 0.29) is 13.2 Å². The van der Waals surface area contributed by atoms with E-state index in [1.165, 1.54) is 13.2 Å². The van der Waals surface area contributed by atoms with Crippen LogP contribution >= 0.6 is 0 Å². The lowest BCUT2D eigenvalue weighted by Crippen LogP contribution is -2.69. The third-order valence-corrected chi connectivity index (χ3v) is 3.87. The van der Waals surface area contributed by atoms with Gasteiger partial charge in [-0.1, -0.05) is 6.08 Å². The van der Waals surface area contributed by atoms with E-state index in [0.717, 1.165) is 0 Å². The summed E-state index contributed by atoms with van der Waals surface area (Å²) in [6, 6.07) is -1.23. The van der Waals surface area contributed by atoms with Crippen LogP contribution in [0.4, 0.5) is 13.2 Å². The summed E-state index contributed by atoms with van der Waals surface area (Å²) in [4.78, 5) is 11.4. The molecule has 2 heterocycles. The molecule has 2 aliphatic rings. The van der Waals surface area contributed by atoms with Crippen molar-refractivity contribution in [3.8, 4) is 0 Å². The number of hydrogen-bond donors (Lipinski definition) is 1. The van der Waals surface area contributed by atoms with Crippen molar-refractivity contribution >= 4 is 5.91 Å². The number of nitrogens with one attached hydrogen (secondary N) is 1. The summed E-state index contributed by atoms with van der Waals surface area (Å²) in [6.45, 7) is 6.98. The molecule has 2 rings (SSSR count). The second-order valence-electron chi connectivity index (χ2n) is 6.16. The predicted octanol–water partition coefficient (Wildman–Crippen LogP) is 1.13. The zero-order chi connectivity index (χ0) is 18.8. The van der Waals surface area contributed by atoms with E-state index in [2.05, 4.69) is 6.58 Å². The first-order valence-corrected chi connectivity index (χ1v) is 7.69. The van der Waals surface area contributed by atoms with Crippen molar-refractivity contribution in [2.75, 3.05) is 20.3 Å². The second kappa shape index (κ2) is 7.58. The van der Waals surface area contributed by atoms with Crippen LogP contribution in [0.1, 0.15) is 13.8 Å². The average Bonchev–Trinajstić information content (AvgIpc) is 2.51. The molecule has 0 aromatic heterocycles. The number of alkyl halides is 3. The second-order valence-corrected chi connectivity index (χ2v) is 6.16. The number of carbonyl (C=O) groups excluding carboxylic acids is 1. The Morgan fingerprint density at radius 2 is 2.12 bits per heavy atom. The molecule has 5 unspecified atom stereocenters. The lowest BCUT2D eigenvalue weighted by atomic mass is 9.95. The van der Waals surface area contributed by atoms with Gasteiger partial charge in [0.2, 0.25) is 0 Å². The molecule has 0 saturated carbocycles. The van der Waals surface area contributed by atoms with Gasteiger partial charge in [0, 0.05) is 7.11 Å². The zero-order valence-corrected chi connectivity index (χ0v) is 14.2. The Morgan fingerprint density at radius 3 is 2.68 bits per heavy atom. The first-order chi connectivity index (χ1) is 11.6. The molecule has 0 spiro atoms. The Morgan fingerprint density at radius 1 is 1.44 bits per heavy atom. The lowest BCUT2D eigenvalue weighted by molar-refractivity contribution is -0.370. The number of ether oxygens (including phenoxy) is 5. The molecule has 0 radical (unpaired) electrons. The highest BCUT2D eigenvalue weighted by Gasteiger charge is 2.54. The standard InChI is InChI=1S/C15H22F3NO6/c1-5-6-22-12-9(19-13(20)15(16,17)18)11(21-4)10-8(24-12)7-23-14(2,3)25-10/h5,8-12H,1,6-7H2,2-4H3,(H,19,20). The molecule has 0 bridgehead atoms. The molecule has 25 heavy (non-hydrogen) atoms. The Balaban J connectivity index is 2.25. The van der Waals surface area contributed by atoms with Crippen LogP contribution in [0, 0.1) is 0 Å². The molecule has 2 saturated heterocycles. The molecular formula is C15H22F3NO6. The zero-order valence-electron chi connectivity index (χ0n) is 14.2. The van der Waals surface area contributed by atoms with Crippen molar-refractivity contribution in [2.45, 2.75) is 56.5 Å². The molecule has 2 fully saturated rings. The minimum atomic E-state index is -5.05. The molecule has 7 nitrogen and oxygen atoms in total. The first-order valence-electron chi connectivity index (χ1n) is 7.69. The van der Waals surface area contributed by atoms with Crippen molar-refractivity contribution in [2.24, 2.45) is 0 Å². The van der Waals surface area contributed by atoms with Crippen molar-refractivity contribution in [3.63, 3.8) is 0 Å². The Hall–Kier alpha value is -1.20. The Kier molecular flexibility index (Phi) is 6.10. The summed E-state index contributed by atoms with van der Waals surface area (Å²) in [5.41, 5.74) is 0. The fourth-order valence-electron chi connectivity index (χ4n) is 2.80. The van der Waals surface area contributed by atoms with Crippen molar-refractivity contribution in [3.05, 3.63) is 12.7 Å². The number of rotatable bonds is 5. The van der Waals surface area contributed by atoms with E-state index >= 15 is 0 Å². The quantitative estimate of drug-likeness (QED) is 0.733. The SMILES string of the molecule is C=CCOC1OC2COC(C)(C)OC2C(OC)C1NC(=O)C(F)(F)F. The number of methoxy groups -OCH3 is 1. The molecule has 5 atom stereocenters. The van der Waals surface area contributed by atoms with Gasteiger partial charge in [0.25, 0.3) is 0 Å². The largest absolute Gasteiger partial charge is 0.471 e. The van der Waals surface area contributed by atoms with E-state index in [0.29, 0.717) is 0 Å². The lowest BCUT2D eigenvalue weighted by Gasteiger charge is -2.50. The summed E-state index contributed by atoms with van der Waals surface area (Å²) in [5.74, 6) is -3.07. The smallest absolute Gasteiger partial charge is 0.376 e. The molecule has 0 aromatic rings. The highest BCUT2D eigenvalue weighted by molar-refractivity contribution is 5.82. The van der Waals surface area contributed by atoms with Crippen LogP contribution in [0.2, 0.25) is 0 Å². The van der Waals surface area contributed by atoms with Gasteiger partial charge in [-0.3, -0.25) is 4.79 Å². The van der Waals surface area contributed by atoms with Crippen LogP contribution in [-0.4, -0.2) is 68.8 Å². The summed E-state index contributed by atoms with van der Waals surface area (Å²) in [5, 5.41) is 1.89. The van der Waals surface area contributed by atoms with Crippen LogP contribution in [0.3, 0.4) is 0 Å². The Bertz CT molecular complexity index is 498. The number of amides is 1. The number of fused-ring (bicyclic) bond motifs is 1. The summed E-state index contributed by atoms with van der Waals surface area (Å²) < 4.78 is 65.6. The van der Waals surface area contributed by atoms with Gasteiger partial charge in [-0.25, -0.2) is 0 Å². The molecule has 1 amide bonds. The molecule has 1 N–H and O–H groups in total. The molecule has 144 valence electrons. The molecule has 0 aromatic carbocycles. The molecule has 10 heteroatoms. The van der Waals surface area contributed by atoms with E-state index < -0.39 is 48.5 Å². The Labute approximate surface area is 143 Å². The summed E-state index contributed by atoms with van der Waals surface area (Å²) in [6.07, 6.45) is -7.10. The minimum Gasteiger partial charge on any atom is -0.376 e. The van der Waals surface area contributed by atoms with E-state index in [1.807, 2.05) is 5.32 Å². The fraction of sp³-hybridized carbons (Fsp3) is 0.800. The third-order valence-electron chi connectivity index (χ3n) is 3.87. The van der Waals surface area contributed by atoms with Gasteiger partial charge in [-0.15, -0.1) is 6.58 Å². The monoisotopic (exact) mass is 369 g/mol. The molecule has 0 aliphatic carbocycles. The van der Waals surface area contributed by atoms with Crippen LogP contribution in [0.5, 0.6) is 0 Å². The third kappa shape index (κ3) is 4.70.